The van der Waals surface area contributed by atoms with Gasteiger partial charge in [-0.2, -0.15) is 0 Å². The van der Waals surface area contributed by atoms with Gasteiger partial charge in [-0.3, -0.25) is 5.32 Å². The maximum Gasteiger partial charge on any atom is 0.184 e. The Morgan fingerprint density at radius 2 is 2.12 bits per heavy atom. The lowest BCUT2D eigenvalue weighted by atomic mass is 10.3. The van der Waals surface area contributed by atoms with Gasteiger partial charge in [0.15, 0.2) is 27.6 Å². The van der Waals surface area contributed by atoms with Gasteiger partial charge in [-0.1, -0.05) is 0 Å². The zero-order valence-corrected chi connectivity index (χ0v) is 9.87. The van der Waals surface area contributed by atoms with Gasteiger partial charge in [0.25, 0.3) is 0 Å². The SMILES string of the molecule is CNC1COc2ccc(S(C)(=O)=O)cc2O1. The molecule has 1 heterocycles. The Labute approximate surface area is 94.3 Å². The summed E-state index contributed by atoms with van der Waals surface area (Å²) in [5.41, 5.74) is 0. The molecule has 5 nitrogen and oxygen atoms in total. The Hall–Kier alpha value is -1.27. The van der Waals surface area contributed by atoms with Crippen molar-refractivity contribution in [3.8, 4) is 11.5 Å². The number of benzene rings is 1. The fourth-order valence-electron chi connectivity index (χ4n) is 1.43. The van der Waals surface area contributed by atoms with Crippen LogP contribution in [0.5, 0.6) is 11.5 Å². The van der Waals surface area contributed by atoms with Crippen LogP contribution in [-0.4, -0.2) is 34.6 Å². The summed E-state index contributed by atoms with van der Waals surface area (Å²) in [6.45, 7) is 0.404. The monoisotopic (exact) mass is 243 g/mol. The van der Waals surface area contributed by atoms with Crippen LogP contribution in [0, 0.1) is 0 Å². The van der Waals surface area contributed by atoms with E-state index in [1.165, 1.54) is 12.1 Å². The van der Waals surface area contributed by atoms with E-state index in [4.69, 9.17) is 9.47 Å². The van der Waals surface area contributed by atoms with Gasteiger partial charge in [-0.05, 0) is 19.2 Å². The van der Waals surface area contributed by atoms with Crippen LogP contribution < -0.4 is 14.8 Å². The first-order valence-electron chi connectivity index (χ1n) is 4.81. The molecule has 0 radical (unpaired) electrons. The zero-order valence-electron chi connectivity index (χ0n) is 9.06. The minimum absolute atomic E-state index is 0.228. The van der Waals surface area contributed by atoms with Crippen LogP contribution in [0.4, 0.5) is 0 Å². The van der Waals surface area contributed by atoms with Crippen molar-refractivity contribution < 1.29 is 17.9 Å². The quantitative estimate of drug-likeness (QED) is 0.815. The van der Waals surface area contributed by atoms with E-state index in [9.17, 15) is 8.42 Å². The molecule has 1 aromatic rings. The summed E-state index contributed by atoms with van der Waals surface area (Å²) in [5.74, 6) is 1.02. The number of fused-ring (bicyclic) bond motifs is 1. The van der Waals surface area contributed by atoms with Crippen LogP contribution >= 0.6 is 0 Å². The normalized spacial score (nSPS) is 19.5. The van der Waals surface area contributed by atoms with Crippen LogP contribution in [0.15, 0.2) is 23.1 Å². The minimum atomic E-state index is -3.22. The third kappa shape index (κ3) is 2.12. The molecule has 0 saturated heterocycles. The summed E-state index contributed by atoms with van der Waals surface area (Å²) in [6, 6.07) is 4.60. The second-order valence-electron chi connectivity index (χ2n) is 3.59. The van der Waals surface area contributed by atoms with Crippen LogP contribution in [-0.2, 0) is 9.84 Å². The van der Waals surface area contributed by atoms with E-state index in [0.717, 1.165) is 6.26 Å². The minimum Gasteiger partial charge on any atom is -0.484 e. The van der Waals surface area contributed by atoms with Gasteiger partial charge in [0.2, 0.25) is 0 Å². The smallest absolute Gasteiger partial charge is 0.184 e. The molecule has 88 valence electrons. The first-order valence-corrected chi connectivity index (χ1v) is 6.70. The van der Waals surface area contributed by atoms with Gasteiger partial charge >= 0.3 is 0 Å². The molecule has 1 N–H and O–H groups in total. The van der Waals surface area contributed by atoms with E-state index in [2.05, 4.69) is 5.32 Å². The molecule has 0 aliphatic carbocycles. The lowest BCUT2D eigenvalue weighted by Gasteiger charge is -2.26. The molecule has 1 aromatic carbocycles. The van der Waals surface area contributed by atoms with Crippen LogP contribution in [0.3, 0.4) is 0 Å². The molecule has 0 saturated carbocycles. The molecule has 0 amide bonds. The lowest BCUT2D eigenvalue weighted by Crippen LogP contribution is -2.39. The molecule has 2 rings (SSSR count). The number of rotatable bonds is 2. The van der Waals surface area contributed by atoms with Gasteiger partial charge in [0.05, 0.1) is 4.90 Å². The molecule has 0 aromatic heterocycles. The molecule has 0 bridgehead atoms. The lowest BCUT2D eigenvalue weighted by molar-refractivity contribution is 0.0722. The first-order chi connectivity index (χ1) is 7.50. The molecule has 16 heavy (non-hydrogen) atoms. The Kier molecular flexibility index (Phi) is 2.77. The zero-order chi connectivity index (χ0) is 11.8. The van der Waals surface area contributed by atoms with E-state index < -0.39 is 9.84 Å². The number of ether oxygens (including phenoxy) is 2. The van der Waals surface area contributed by atoms with Crippen molar-refractivity contribution in [1.82, 2.24) is 5.32 Å². The topological polar surface area (TPSA) is 64.6 Å². The van der Waals surface area contributed by atoms with E-state index in [0.29, 0.717) is 18.1 Å². The highest BCUT2D eigenvalue weighted by molar-refractivity contribution is 7.90. The predicted octanol–water partition coefficient (Wildman–Crippen LogP) is 0.407. The van der Waals surface area contributed by atoms with Crippen LogP contribution in [0.1, 0.15) is 0 Å². The molecule has 1 aliphatic heterocycles. The van der Waals surface area contributed by atoms with Gasteiger partial charge in [-0.25, -0.2) is 8.42 Å². The fraction of sp³-hybridized carbons (Fsp3) is 0.400. The molecular weight excluding hydrogens is 230 g/mol. The van der Waals surface area contributed by atoms with E-state index >= 15 is 0 Å². The number of likely N-dealkylation sites (N-methyl/N-ethyl adjacent to an activating group) is 1. The van der Waals surface area contributed by atoms with Gasteiger partial charge in [0, 0.05) is 12.3 Å². The number of nitrogens with one attached hydrogen (secondary N) is 1. The third-order valence-electron chi connectivity index (χ3n) is 2.32. The maximum absolute atomic E-state index is 11.4. The maximum atomic E-state index is 11.4. The summed E-state index contributed by atoms with van der Waals surface area (Å²) < 4.78 is 33.6. The van der Waals surface area contributed by atoms with Crippen molar-refractivity contribution in [2.45, 2.75) is 11.1 Å². The van der Waals surface area contributed by atoms with E-state index in [1.807, 2.05) is 0 Å². The third-order valence-corrected chi connectivity index (χ3v) is 3.43. The summed E-state index contributed by atoms with van der Waals surface area (Å²) in [7, 11) is -1.47. The summed E-state index contributed by atoms with van der Waals surface area (Å²) >= 11 is 0. The average Bonchev–Trinajstić information content (AvgIpc) is 2.26. The van der Waals surface area contributed by atoms with Crippen LogP contribution in [0.2, 0.25) is 0 Å². The summed E-state index contributed by atoms with van der Waals surface area (Å²) in [6.07, 6.45) is 0.913. The largest absolute Gasteiger partial charge is 0.484 e. The van der Waals surface area contributed by atoms with Gasteiger partial charge in [0.1, 0.15) is 6.61 Å². The van der Waals surface area contributed by atoms with Crippen molar-refractivity contribution >= 4 is 9.84 Å². The highest BCUT2D eigenvalue weighted by Gasteiger charge is 2.21. The fourth-order valence-corrected chi connectivity index (χ4v) is 2.06. The molecule has 0 fully saturated rings. The Morgan fingerprint density at radius 3 is 2.75 bits per heavy atom. The molecule has 1 aliphatic rings. The van der Waals surface area contributed by atoms with Crippen LogP contribution in [0.25, 0.3) is 0 Å². The van der Waals surface area contributed by atoms with E-state index in [-0.39, 0.29) is 11.1 Å². The summed E-state index contributed by atoms with van der Waals surface area (Å²) in [4.78, 5) is 0.228. The van der Waals surface area contributed by atoms with Gasteiger partial charge < -0.3 is 9.47 Å². The Bertz CT molecular complexity index is 498. The molecule has 0 spiro atoms. The van der Waals surface area contributed by atoms with Crippen molar-refractivity contribution in [1.29, 1.82) is 0 Å². The van der Waals surface area contributed by atoms with Gasteiger partial charge in [-0.15, -0.1) is 0 Å². The first kappa shape index (κ1) is 11.2. The predicted molar refractivity (Wildman–Crippen MR) is 58.5 cm³/mol. The number of sulfone groups is 1. The van der Waals surface area contributed by atoms with Crippen molar-refractivity contribution in [2.75, 3.05) is 19.9 Å². The molecule has 1 atom stereocenters. The Morgan fingerprint density at radius 1 is 1.38 bits per heavy atom. The second-order valence-corrected chi connectivity index (χ2v) is 5.60. The number of hydrogen-bond acceptors (Lipinski definition) is 5. The second kappa shape index (κ2) is 3.95. The highest BCUT2D eigenvalue weighted by Crippen LogP contribution is 2.33. The molecule has 1 unspecified atom stereocenters. The highest BCUT2D eigenvalue weighted by atomic mass is 32.2. The standard InChI is InChI=1S/C10H13NO4S/c1-11-10-6-14-8-4-3-7(16(2,12)13)5-9(8)15-10/h3-5,10-11H,6H2,1-2H3. The van der Waals surface area contributed by atoms with Crippen molar-refractivity contribution in [2.24, 2.45) is 0 Å². The average molecular weight is 243 g/mol. The van der Waals surface area contributed by atoms with Crippen molar-refractivity contribution in [3.63, 3.8) is 0 Å². The Balaban J connectivity index is 2.38. The molecule has 6 heteroatoms. The molecular formula is C10H13NO4S. The summed E-state index contributed by atoms with van der Waals surface area (Å²) in [5, 5.41) is 2.91. The van der Waals surface area contributed by atoms with Crippen molar-refractivity contribution in [3.05, 3.63) is 18.2 Å². The number of hydrogen-bond donors (Lipinski definition) is 1. The van der Waals surface area contributed by atoms with E-state index in [1.54, 1.807) is 13.1 Å².